The van der Waals surface area contributed by atoms with E-state index in [0.29, 0.717) is 0 Å². The molecule has 2 aromatic carbocycles. The Balaban J connectivity index is 1.95. The lowest BCUT2D eigenvalue weighted by Gasteiger charge is -2.17. The summed E-state index contributed by atoms with van der Waals surface area (Å²) in [4.78, 5) is 10.2. The summed E-state index contributed by atoms with van der Waals surface area (Å²) in [7, 11) is -4.02. The van der Waals surface area contributed by atoms with Crippen LogP contribution < -0.4 is 10.6 Å². The highest BCUT2D eigenvalue weighted by molar-refractivity contribution is 7.89. The molecule has 0 saturated heterocycles. The molecule has 0 fully saturated rings. The number of rotatable bonds is 4. The van der Waals surface area contributed by atoms with Crippen LogP contribution in [0.1, 0.15) is 24.0 Å². The molecule has 0 saturated carbocycles. The smallest absolute Gasteiger partial charge is 0.271 e. The molecule has 0 aromatic heterocycles. The van der Waals surface area contributed by atoms with E-state index in [1.165, 1.54) is 17.7 Å². The van der Waals surface area contributed by atoms with Crippen LogP contribution in [0.5, 0.6) is 0 Å². The number of aryl methyl sites for hydroxylation is 1. The third-order valence-electron chi connectivity index (χ3n) is 3.99. The maximum absolute atomic E-state index is 11.4. The van der Waals surface area contributed by atoms with Crippen LogP contribution in [-0.2, 0) is 16.4 Å². The number of hydrogen-bond acceptors (Lipinski definition) is 6. The summed E-state index contributed by atoms with van der Waals surface area (Å²) >= 11 is 0. The molecular weight excluding hydrogens is 344 g/mol. The lowest BCUT2D eigenvalue weighted by molar-refractivity contribution is -0.384. The summed E-state index contributed by atoms with van der Waals surface area (Å²) in [6.07, 6.45) is 2.68. The van der Waals surface area contributed by atoms with Crippen molar-refractivity contribution in [3.8, 4) is 0 Å². The number of nitro benzene ring substituents is 1. The van der Waals surface area contributed by atoms with Crippen molar-refractivity contribution in [2.75, 3.05) is 5.43 Å². The van der Waals surface area contributed by atoms with E-state index >= 15 is 0 Å². The van der Waals surface area contributed by atoms with E-state index in [-0.39, 0.29) is 10.6 Å². The molecule has 0 amide bonds. The van der Waals surface area contributed by atoms with Gasteiger partial charge in [-0.2, -0.15) is 5.10 Å². The summed E-state index contributed by atoms with van der Waals surface area (Å²) < 4.78 is 22.7. The summed E-state index contributed by atoms with van der Waals surface area (Å²) in [5.41, 5.74) is 5.41. The maximum Gasteiger partial charge on any atom is 0.295 e. The van der Waals surface area contributed by atoms with Crippen molar-refractivity contribution >= 4 is 27.1 Å². The first-order chi connectivity index (χ1) is 11.9. The second kappa shape index (κ2) is 6.61. The van der Waals surface area contributed by atoms with Crippen molar-refractivity contribution in [3.63, 3.8) is 0 Å². The highest BCUT2D eigenvalue weighted by Crippen LogP contribution is 2.28. The number of benzene rings is 2. The van der Waals surface area contributed by atoms with E-state index < -0.39 is 20.6 Å². The number of primary sulfonamides is 1. The van der Waals surface area contributed by atoms with Crippen LogP contribution in [-0.4, -0.2) is 19.1 Å². The number of nitro groups is 1. The van der Waals surface area contributed by atoms with E-state index in [1.54, 1.807) is 0 Å². The lowest BCUT2D eigenvalue weighted by Crippen LogP contribution is -2.14. The maximum atomic E-state index is 11.4. The Morgan fingerprint density at radius 2 is 1.92 bits per heavy atom. The second-order valence-corrected chi connectivity index (χ2v) is 7.22. The van der Waals surface area contributed by atoms with E-state index in [2.05, 4.69) is 10.5 Å². The van der Waals surface area contributed by atoms with Gasteiger partial charge in [0.2, 0.25) is 10.0 Å². The van der Waals surface area contributed by atoms with Gasteiger partial charge in [-0.3, -0.25) is 15.5 Å². The molecule has 8 nitrogen and oxygen atoms in total. The van der Waals surface area contributed by atoms with Gasteiger partial charge < -0.3 is 0 Å². The molecule has 1 aliphatic carbocycles. The zero-order chi connectivity index (χ0) is 18.0. The van der Waals surface area contributed by atoms with Crippen LogP contribution in [0.3, 0.4) is 0 Å². The third kappa shape index (κ3) is 3.67. The lowest BCUT2D eigenvalue weighted by atomic mass is 9.90. The Morgan fingerprint density at radius 3 is 2.64 bits per heavy atom. The first kappa shape index (κ1) is 17.1. The molecule has 1 aliphatic rings. The molecule has 0 spiro atoms. The number of nitrogens with one attached hydrogen (secondary N) is 1. The molecule has 2 aromatic rings. The number of sulfonamides is 1. The quantitative estimate of drug-likeness (QED) is 0.639. The predicted molar refractivity (Wildman–Crippen MR) is 94.0 cm³/mol. The zero-order valence-corrected chi connectivity index (χ0v) is 14.0. The van der Waals surface area contributed by atoms with Gasteiger partial charge in [-0.15, -0.1) is 0 Å². The Morgan fingerprint density at radius 1 is 1.16 bits per heavy atom. The Hall–Kier alpha value is -2.78. The van der Waals surface area contributed by atoms with Gasteiger partial charge in [0.05, 0.1) is 15.5 Å². The third-order valence-corrected chi connectivity index (χ3v) is 4.90. The van der Waals surface area contributed by atoms with Crippen molar-refractivity contribution < 1.29 is 13.3 Å². The molecule has 0 atom stereocenters. The molecule has 3 N–H and O–H groups in total. The van der Waals surface area contributed by atoms with Crippen LogP contribution in [0.15, 0.2) is 52.5 Å². The topological polar surface area (TPSA) is 128 Å². The minimum Gasteiger partial charge on any atom is -0.271 e. The van der Waals surface area contributed by atoms with Gasteiger partial charge in [0.25, 0.3) is 5.69 Å². The number of hydrogen-bond donors (Lipinski definition) is 2. The van der Waals surface area contributed by atoms with Crippen LogP contribution >= 0.6 is 0 Å². The minimum absolute atomic E-state index is 0.105. The zero-order valence-electron chi connectivity index (χ0n) is 13.2. The van der Waals surface area contributed by atoms with Gasteiger partial charge in [-0.05, 0) is 37.0 Å². The largest absolute Gasteiger partial charge is 0.295 e. The molecule has 9 heteroatoms. The van der Waals surface area contributed by atoms with Crippen LogP contribution in [0.2, 0.25) is 0 Å². The van der Waals surface area contributed by atoms with Crippen molar-refractivity contribution in [2.24, 2.45) is 10.2 Å². The number of fused-ring (bicyclic) bond motifs is 1. The first-order valence-corrected chi connectivity index (χ1v) is 9.13. The molecule has 0 radical (unpaired) electrons. The van der Waals surface area contributed by atoms with Gasteiger partial charge in [0, 0.05) is 11.6 Å². The van der Waals surface area contributed by atoms with E-state index in [0.717, 1.165) is 36.6 Å². The average molecular weight is 360 g/mol. The van der Waals surface area contributed by atoms with Crippen LogP contribution in [0.4, 0.5) is 11.4 Å². The van der Waals surface area contributed by atoms with Gasteiger partial charge in [0.1, 0.15) is 5.69 Å². The van der Waals surface area contributed by atoms with E-state index in [1.807, 2.05) is 24.3 Å². The van der Waals surface area contributed by atoms with Crippen molar-refractivity contribution in [1.29, 1.82) is 0 Å². The van der Waals surface area contributed by atoms with Crippen molar-refractivity contribution in [2.45, 2.75) is 24.2 Å². The Kier molecular flexibility index (Phi) is 4.51. The van der Waals surface area contributed by atoms with Gasteiger partial charge >= 0.3 is 0 Å². The van der Waals surface area contributed by atoms with Crippen molar-refractivity contribution in [1.82, 2.24) is 0 Å². The van der Waals surface area contributed by atoms with Crippen LogP contribution in [0, 0.1) is 10.1 Å². The van der Waals surface area contributed by atoms with E-state index in [4.69, 9.17) is 5.14 Å². The van der Waals surface area contributed by atoms with Gasteiger partial charge in [0.15, 0.2) is 0 Å². The molecule has 0 bridgehead atoms. The summed E-state index contributed by atoms with van der Waals surface area (Å²) in [5, 5.41) is 20.6. The number of nitrogens with zero attached hydrogens (tertiary/aromatic N) is 2. The summed E-state index contributed by atoms with van der Waals surface area (Å²) in [5.74, 6) is 0. The fourth-order valence-electron chi connectivity index (χ4n) is 2.78. The fraction of sp³-hybridized carbons (Fsp3) is 0.188. The van der Waals surface area contributed by atoms with Crippen LogP contribution in [0.25, 0.3) is 0 Å². The second-order valence-electron chi connectivity index (χ2n) is 5.66. The molecule has 0 aliphatic heterocycles. The molecule has 3 rings (SSSR count). The normalized spacial score (nSPS) is 15.6. The molecular formula is C16H16N4O4S. The number of nitrogens with two attached hydrogens (primary N) is 1. The fourth-order valence-corrected chi connectivity index (χ4v) is 3.31. The average Bonchev–Trinajstić information content (AvgIpc) is 2.58. The molecule has 0 heterocycles. The highest BCUT2D eigenvalue weighted by Gasteiger charge is 2.20. The Bertz CT molecular complexity index is 970. The van der Waals surface area contributed by atoms with Gasteiger partial charge in [-0.25, -0.2) is 13.6 Å². The standard InChI is InChI=1S/C16H16N4O4S/c17-25(23,24)12-8-9-15(16(10-12)20(21)22)19-18-14-7-3-5-11-4-1-2-6-13(11)14/h1-2,4,6,8-10,19H,3,5,7H2,(H2,17,23,24). The number of anilines is 1. The monoisotopic (exact) mass is 360 g/mol. The summed E-state index contributed by atoms with van der Waals surface area (Å²) in [6.45, 7) is 0. The Labute approximate surface area is 144 Å². The predicted octanol–water partition coefficient (Wildman–Crippen LogP) is 2.39. The summed E-state index contributed by atoms with van der Waals surface area (Å²) in [6, 6.07) is 11.3. The minimum atomic E-state index is -4.02. The highest BCUT2D eigenvalue weighted by atomic mass is 32.2. The molecule has 0 unspecified atom stereocenters. The first-order valence-electron chi connectivity index (χ1n) is 7.58. The van der Waals surface area contributed by atoms with Gasteiger partial charge in [-0.1, -0.05) is 24.3 Å². The van der Waals surface area contributed by atoms with E-state index in [9.17, 15) is 18.5 Å². The SMILES string of the molecule is NS(=O)(=O)c1ccc(NN=C2CCCc3ccccc32)c([N+](=O)[O-])c1. The van der Waals surface area contributed by atoms with Crippen molar-refractivity contribution in [3.05, 3.63) is 63.7 Å². The molecule has 130 valence electrons. The molecule has 25 heavy (non-hydrogen) atoms. The number of hydrazone groups is 1.